The van der Waals surface area contributed by atoms with Gasteiger partial charge in [-0.2, -0.15) is 0 Å². The molecule has 0 aliphatic rings. The van der Waals surface area contributed by atoms with E-state index in [0.29, 0.717) is 10.8 Å². The summed E-state index contributed by atoms with van der Waals surface area (Å²) in [5, 5.41) is 3.46. The van der Waals surface area contributed by atoms with Crippen molar-refractivity contribution in [1.29, 1.82) is 0 Å². The maximum atomic E-state index is 13.9. The first-order chi connectivity index (χ1) is 19.0. The van der Waals surface area contributed by atoms with Gasteiger partial charge in [0.05, 0.1) is 17.7 Å². The molecule has 0 aliphatic heterocycles. The number of anilines is 1. The van der Waals surface area contributed by atoms with Crippen molar-refractivity contribution in [3.8, 4) is 5.75 Å². The molecule has 10 heteroatoms. The van der Waals surface area contributed by atoms with Crippen LogP contribution in [0.1, 0.15) is 38.3 Å². The summed E-state index contributed by atoms with van der Waals surface area (Å²) in [6.45, 7) is 6.91. The molecule has 0 aliphatic carbocycles. The monoisotopic (exact) mass is 585 g/mol. The summed E-state index contributed by atoms with van der Waals surface area (Å²) < 4.78 is 34.0. The second-order valence-electron chi connectivity index (χ2n) is 9.66. The molecule has 3 aromatic rings. The zero-order valence-electron chi connectivity index (χ0n) is 23.4. The molecular formula is C30H36ClN3O5S. The van der Waals surface area contributed by atoms with Gasteiger partial charge < -0.3 is 15.0 Å². The van der Waals surface area contributed by atoms with E-state index in [4.69, 9.17) is 16.3 Å². The fourth-order valence-electron chi connectivity index (χ4n) is 3.95. The fraction of sp³-hybridized carbons (Fsp3) is 0.333. The van der Waals surface area contributed by atoms with E-state index in [2.05, 4.69) is 5.32 Å². The van der Waals surface area contributed by atoms with Gasteiger partial charge in [0.15, 0.2) is 0 Å². The van der Waals surface area contributed by atoms with Crippen LogP contribution in [0.15, 0.2) is 77.7 Å². The highest BCUT2D eigenvalue weighted by atomic mass is 35.5. The molecule has 2 atom stereocenters. The van der Waals surface area contributed by atoms with Crippen LogP contribution in [-0.2, 0) is 26.2 Å². The number of carbonyl (C=O) groups excluding carboxylic acids is 2. The van der Waals surface area contributed by atoms with Crippen molar-refractivity contribution in [3.63, 3.8) is 0 Å². The Bertz CT molecular complexity index is 1390. The third-order valence-electron chi connectivity index (χ3n) is 6.68. The van der Waals surface area contributed by atoms with E-state index in [1.54, 1.807) is 67.6 Å². The zero-order valence-corrected chi connectivity index (χ0v) is 25.0. The molecule has 0 heterocycles. The van der Waals surface area contributed by atoms with Crippen LogP contribution in [0.5, 0.6) is 5.75 Å². The van der Waals surface area contributed by atoms with Crippen LogP contribution >= 0.6 is 11.6 Å². The Kier molecular flexibility index (Phi) is 10.6. The van der Waals surface area contributed by atoms with Crippen molar-refractivity contribution in [2.45, 2.75) is 57.6 Å². The Balaban J connectivity index is 2.02. The van der Waals surface area contributed by atoms with Gasteiger partial charge in [-0.05, 0) is 81.3 Å². The van der Waals surface area contributed by atoms with Crippen LogP contribution in [0, 0.1) is 6.92 Å². The van der Waals surface area contributed by atoms with Crippen LogP contribution in [0.4, 0.5) is 5.69 Å². The maximum Gasteiger partial charge on any atom is 0.264 e. The summed E-state index contributed by atoms with van der Waals surface area (Å²) in [5.41, 5.74) is 1.94. The molecule has 2 amide bonds. The number of methoxy groups -OCH3 is 1. The molecule has 0 radical (unpaired) electrons. The van der Waals surface area contributed by atoms with E-state index in [1.807, 2.05) is 20.8 Å². The van der Waals surface area contributed by atoms with Gasteiger partial charge in [-0.15, -0.1) is 0 Å². The van der Waals surface area contributed by atoms with Crippen molar-refractivity contribution >= 4 is 39.1 Å². The molecule has 3 aromatic carbocycles. The van der Waals surface area contributed by atoms with Gasteiger partial charge >= 0.3 is 0 Å². The largest absolute Gasteiger partial charge is 0.497 e. The van der Waals surface area contributed by atoms with Crippen molar-refractivity contribution in [2.75, 3.05) is 18.0 Å². The number of hydrogen-bond donors (Lipinski definition) is 1. The van der Waals surface area contributed by atoms with Crippen molar-refractivity contribution in [2.24, 2.45) is 0 Å². The summed E-state index contributed by atoms with van der Waals surface area (Å²) in [5.74, 6) is -0.315. The Labute approximate surface area is 241 Å². The number of carbonyl (C=O) groups is 2. The average Bonchev–Trinajstić information content (AvgIpc) is 2.95. The third kappa shape index (κ3) is 7.76. The topological polar surface area (TPSA) is 96.0 Å². The van der Waals surface area contributed by atoms with E-state index in [0.717, 1.165) is 21.9 Å². The number of rotatable bonds is 12. The second kappa shape index (κ2) is 13.7. The first-order valence-electron chi connectivity index (χ1n) is 13.0. The van der Waals surface area contributed by atoms with Gasteiger partial charge in [-0.3, -0.25) is 13.9 Å². The molecule has 0 aromatic heterocycles. The Morgan fingerprint density at radius 2 is 1.55 bits per heavy atom. The first-order valence-corrected chi connectivity index (χ1v) is 14.9. The second-order valence-corrected chi connectivity index (χ2v) is 12.0. The highest BCUT2D eigenvalue weighted by molar-refractivity contribution is 7.92. The summed E-state index contributed by atoms with van der Waals surface area (Å²) in [7, 11) is -2.63. The van der Waals surface area contributed by atoms with Gasteiger partial charge in [0.25, 0.3) is 10.0 Å². The predicted octanol–water partition coefficient (Wildman–Crippen LogP) is 5.18. The normalized spacial score (nSPS) is 12.8. The molecular weight excluding hydrogens is 550 g/mol. The van der Waals surface area contributed by atoms with E-state index < -0.39 is 28.5 Å². The molecule has 8 nitrogen and oxygen atoms in total. The molecule has 3 rings (SSSR count). The van der Waals surface area contributed by atoms with Gasteiger partial charge in [0, 0.05) is 17.6 Å². The molecule has 0 spiro atoms. The minimum absolute atomic E-state index is 0.0496. The van der Waals surface area contributed by atoms with Gasteiger partial charge in [-0.1, -0.05) is 48.4 Å². The molecule has 40 heavy (non-hydrogen) atoms. The molecule has 0 fully saturated rings. The predicted molar refractivity (Wildman–Crippen MR) is 158 cm³/mol. The summed E-state index contributed by atoms with van der Waals surface area (Å²) in [6.07, 6.45) is 0.726. The number of halogens is 1. The van der Waals surface area contributed by atoms with E-state index >= 15 is 0 Å². The quantitative estimate of drug-likeness (QED) is 0.316. The smallest absolute Gasteiger partial charge is 0.264 e. The minimum atomic E-state index is -4.14. The van der Waals surface area contributed by atoms with Gasteiger partial charge in [0.2, 0.25) is 11.8 Å². The highest BCUT2D eigenvalue weighted by Gasteiger charge is 2.32. The van der Waals surface area contributed by atoms with Gasteiger partial charge in [-0.25, -0.2) is 8.42 Å². The van der Waals surface area contributed by atoms with Crippen molar-refractivity contribution < 1.29 is 22.7 Å². The Morgan fingerprint density at radius 1 is 0.950 bits per heavy atom. The number of amides is 2. The number of nitrogens with one attached hydrogen (secondary N) is 1. The number of sulfonamides is 1. The molecule has 1 N–H and O–H groups in total. The van der Waals surface area contributed by atoms with Crippen LogP contribution in [0.2, 0.25) is 5.02 Å². The lowest BCUT2D eigenvalue weighted by atomic mass is 10.1. The molecule has 214 valence electrons. The van der Waals surface area contributed by atoms with Crippen molar-refractivity contribution in [3.05, 3.63) is 88.9 Å². The lowest BCUT2D eigenvalue weighted by molar-refractivity contribution is -0.139. The fourth-order valence-corrected chi connectivity index (χ4v) is 5.49. The third-order valence-corrected chi connectivity index (χ3v) is 8.72. The summed E-state index contributed by atoms with van der Waals surface area (Å²) in [4.78, 5) is 28.5. The number of nitrogens with zero attached hydrogens (tertiary/aromatic N) is 2. The SMILES string of the molecule is CC[C@@H](C)NC(=O)[C@@H](C)N(Cc1ccc(Cl)cc1)C(=O)CN(c1ccc(OC)cc1)S(=O)(=O)c1ccc(C)cc1. The van der Waals surface area contributed by atoms with E-state index in [-0.39, 0.29) is 29.1 Å². The molecule has 0 unspecified atom stereocenters. The summed E-state index contributed by atoms with van der Waals surface area (Å²) >= 11 is 6.05. The highest BCUT2D eigenvalue weighted by Crippen LogP contribution is 2.27. The molecule has 0 saturated heterocycles. The lowest BCUT2D eigenvalue weighted by Crippen LogP contribution is -2.52. The molecule has 0 bridgehead atoms. The summed E-state index contributed by atoms with van der Waals surface area (Å²) in [6, 6.07) is 18.9. The Morgan fingerprint density at radius 3 is 2.10 bits per heavy atom. The zero-order chi connectivity index (χ0) is 29.4. The standard InChI is InChI=1S/C30H36ClN3O5S/c1-6-22(3)32-30(36)23(4)33(19-24-9-11-25(31)12-10-24)29(35)20-34(26-13-15-27(39-5)16-14-26)40(37,38)28-17-7-21(2)8-18-28/h7-18,22-23H,6,19-20H2,1-5H3,(H,32,36)/t22-,23-/m1/s1. The van der Waals surface area contributed by atoms with Crippen LogP contribution < -0.4 is 14.4 Å². The number of aryl methyl sites for hydroxylation is 1. The average molecular weight is 586 g/mol. The van der Waals surface area contributed by atoms with Crippen LogP contribution in [-0.4, -0.2) is 50.9 Å². The van der Waals surface area contributed by atoms with E-state index in [9.17, 15) is 18.0 Å². The number of hydrogen-bond acceptors (Lipinski definition) is 5. The van der Waals surface area contributed by atoms with E-state index in [1.165, 1.54) is 24.1 Å². The Hall–Kier alpha value is -3.56. The van der Waals surface area contributed by atoms with Crippen LogP contribution in [0.3, 0.4) is 0 Å². The van der Waals surface area contributed by atoms with Crippen LogP contribution in [0.25, 0.3) is 0 Å². The minimum Gasteiger partial charge on any atom is -0.497 e. The number of benzene rings is 3. The lowest BCUT2D eigenvalue weighted by Gasteiger charge is -2.32. The number of ether oxygens (including phenoxy) is 1. The molecule has 0 saturated carbocycles. The van der Waals surface area contributed by atoms with Crippen molar-refractivity contribution in [1.82, 2.24) is 10.2 Å². The maximum absolute atomic E-state index is 13.9. The van der Waals surface area contributed by atoms with Gasteiger partial charge in [0.1, 0.15) is 18.3 Å². The first kappa shape index (κ1) is 31.0.